The Hall–Kier alpha value is -20.8. The number of rotatable bonds is 18. The Morgan fingerprint density at radius 2 is 0.173 bits per heavy atom. The summed E-state index contributed by atoms with van der Waals surface area (Å²) in [6, 6.07) is 187. The van der Waals surface area contributed by atoms with E-state index in [-0.39, 0.29) is 0 Å². The van der Waals surface area contributed by atoms with Gasteiger partial charge in [0.25, 0.3) is 0 Å². The molecule has 0 saturated heterocycles. The summed E-state index contributed by atoms with van der Waals surface area (Å²) in [4.78, 5) is 69.4. The lowest BCUT2D eigenvalue weighted by Crippen LogP contribution is -2.09. The quantitative estimate of drug-likeness (QED) is 0.0793. The van der Waals surface area contributed by atoms with Gasteiger partial charge in [-0.3, -0.25) is 27.4 Å². The van der Waals surface area contributed by atoms with Crippen LogP contribution in [0.15, 0.2) is 546 Å². The van der Waals surface area contributed by atoms with Crippen molar-refractivity contribution in [2.45, 2.75) is 0 Å². The summed E-state index contributed by atoms with van der Waals surface area (Å²) in [6.45, 7) is 0. The van der Waals surface area contributed by atoms with Gasteiger partial charge in [-0.25, -0.2) is 59.8 Å². The van der Waals surface area contributed by atoms with Crippen LogP contribution in [0.25, 0.3) is 237 Å². The van der Waals surface area contributed by atoms with E-state index in [2.05, 4.69) is 355 Å². The van der Waals surface area contributed by atoms with Crippen molar-refractivity contribution >= 4 is 66.2 Å². The van der Waals surface area contributed by atoms with Gasteiger partial charge in [0, 0.05) is 66.8 Å². The fraction of sp³-hybridized carbons (Fsp3) is 0. The van der Waals surface area contributed by atoms with Crippen LogP contribution in [0.3, 0.4) is 0 Å². The molecule has 18 aromatic carbocycles. The Morgan fingerprint density at radius 1 is 0.0867 bits per heavy atom. The molecule has 0 fully saturated rings. The average Bonchev–Trinajstić information content (AvgIpc) is 0.800. The molecule has 0 amide bonds. The summed E-state index contributed by atoms with van der Waals surface area (Å²) in [5.41, 5.74) is 26.9. The Labute approximate surface area is 864 Å². The summed E-state index contributed by atoms with van der Waals surface area (Å²) >= 11 is 0. The highest BCUT2D eigenvalue weighted by atomic mass is 15.2. The fourth-order valence-corrected chi connectivity index (χ4v) is 19.2. The molecule has 12 bridgehead atoms. The van der Waals surface area contributed by atoms with Gasteiger partial charge in [-0.05, 0) is 146 Å². The van der Waals surface area contributed by atoms with Crippen LogP contribution < -0.4 is 0 Å². The molecule has 0 aliphatic carbocycles. The third kappa shape index (κ3) is 18.9. The summed E-state index contributed by atoms with van der Waals surface area (Å²) in [5, 5.41) is 0. The number of hydrogen-bond donors (Lipinski definition) is 0. The van der Waals surface area contributed by atoms with Gasteiger partial charge < -0.3 is 0 Å². The van der Waals surface area contributed by atoms with Crippen LogP contribution in [0.1, 0.15) is 0 Å². The van der Waals surface area contributed by atoms with Crippen LogP contribution in [0.4, 0.5) is 0 Å². The maximum atomic E-state index is 5.78. The highest BCUT2D eigenvalue weighted by Gasteiger charge is 2.24. The predicted molar refractivity (Wildman–Crippen MR) is 606 cm³/mol. The van der Waals surface area contributed by atoms with E-state index in [0.29, 0.717) is 170 Å². The Kier molecular flexibility index (Phi) is 24.7. The van der Waals surface area contributed by atoms with Crippen LogP contribution >= 0.6 is 0 Å². The van der Waals surface area contributed by atoms with E-state index in [1.165, 1.54) is 0 Å². The van der Waals surface area contributed by atoms with Crippen molar-refractivity contribution in [3.8, 4) is 171 Å². The molecule has 25 rings (SSSR count). The third-order valence-corrected chi connectivity index (χ3v) is 26.4. The first-order valence-electron chi connectivity index (χ1n) is 49.7. The lowest BCUT2D eigenvalue weighted by molar-refractivity contribution is 0.970. The molecule has 0 aliphatic rings. The molecule has 0 spiro atoms. The number of benzene rings is 18. The van der Waals surface area contributed by atoms with Crippen molar-refractivity contribution in [2.24, 2.45) is 0 Å². The standard InChI is InChI=1S/C132H90N18/c1-13-43-91(44-14-1)115-85-116(92-45-15-2-16-46-92)134-127(133-115)145-103-67-37-69-105(79-103)146(128-135-117(93-47-17-3-18-48-93)86-118(136-128)94-49-19-4-20-50-94)107-71-39-73-109(81-107)148(130-139-121(97-55-25-7-26-56-97)88-122(140-130)98-57-27-8-28-58-98)111-75-41-77-113(83-111)150(132-143-125(101-63-33-11-34-64-101)90-126(144-132)102-65-35-12-36-66-102)114-78-42-76-112(84-114)149(131-141-123(99-59-29-9-30-60-99)89-124(142-131)100-61-31-10-32-62-100)110-74-40-72-108(82-110)147(106-70-38-68-104(145)80-106)129-137-119(95-51-21-5-22-52-95)87-120(138-129)96-53-23-6-24-54-96/h1-90H. The zero-order valence-electron chi connectivity index (χ0n) is 81.0. The number of hydrogen-bond acceptors (Lipinski definition) is 12. The van der Waals surface area contributed by atoms with Crippen molar-refractivity contribution in [1.82, 2.24) is 87.2 Å². The van der Waals surface area contributed by atoms with Gasteiger partial charge >= 0.3 is 0 Å². The van der Waals surface area contributed by atoms with Gasteiger partial charge in [-0.2, -0.15) is 0 Å². The molecule has 150 heavy (non-hydrogen) atoms. The molecule has 0 saturated carbocycles. The van der Waals surface area contributed by atoms with Crippen molar-refractivity contribution in [3.63, 3.8) is 0 Å². The SMILES string of the molecule is c1ccc(-c2cc(-c3ccccc3)nc(-n3c4cccc(c4)n(-c4nc(-c5ccccc5)cc(-c5ccccc5)n4)c4cccc(c4)n(-c4nc(-c5ccccc5)cc(-c5ccccc5)n4)c4cccc(c4)n(-c4nc(-c5ccccc5)cc(-c5ccccc5)n4)c4cccc(c4)n(-c4nc(-c5ccccc5)cc(-c5ccccc5)n4)c4cccc(c4)n(-c4nc(-c5ccccc5)cc(-c5ccccc5)n4)c4cccc3c4)n2)cc1. The summed E-state index contributed by atoms with van der Waals surface area (Å²) < 4.78 is 12.8. The van der Waals surface area contributed by atoms with Crippen LogP contribution in [0, 0.1) is 0 Å². The van der Waals surface area contributed by atoms with Crippen LogP contribution in [0.2, 0.25) is 0 Å². The third-order valence-electron chi connectivity index (χ3n) is 26.4. The first-order chi connectivity index (χ1) is 74.3. The van der Waals surface area contributed by atoms with Crippen LogP contribution in [0.5, 0.6) is 0 Å². The van der Waals surface area contributed by atoms with E-state index >= 15 is 0 Å². The van der Waals surface area contributed by atoms with Crippen molar-refractivity contribution in [3.05, 3.63) is 546 Å². The number of nitrogens with zero attached hydrogens (tertiary/aromatic N) is 18. The highest BCUT2D eigenvalue weighted by molar-refractivity contribution is 5.85. The zero-order chi connectivity index (χ0) is 99.8. The molecule has 0 aliphatic heterocycles. The Balaban J connectivity index is 0.915. The summed E-state index contributed by atoms with van der Waals surface area (Å²) in [6.07, 6.45) is 0. The summed E-state index contributed by atoms with van der Waals surface area (Å²) in [5.74, 6) is 2.15. The maximum absolute atomic E-state index is 5.78. The van der Waals surface area contributed by atoms with Gasteiger partial charge in [0.2, 0.25) is 35.7 Å². The lowest BCUT2D eigenvalue weighted by Gasteiger charge is -2.17. The van der Waals surface area contributed by atoms with E-state index in [1.54, 1.807) is 0 Å². The van der Waals surface area contributed by atoms with Crippen molar-refractivity contribution < 1.29 is 0 Å². The fourth-order valence-electron chi connectivity index (χ4n) is 19.2. The first kappa shape index (κ1) is 90.5. The molecular formula is C132H90N18. The van der Waals surface area contributed by atoms with Crippen LogP contribution in [-0.4, -0.2) is 87.2 Å². The molecule has 708 valence electrons. The smallest absolute Gasteiger partial charge is 0.235 e. The largest absolute Gasteiger partial charge is 0.279 e. The van der Waals surface area contributed by atoms with Gasteiger partial charge in [-0.15, -0.1) is 0 Å². The van der Waals surface area contributed by atoms with E-state index < -0.39 is 0 Å². The Morgan fingerprint density at radius 3 is 0.260 bits per heavy atom. The minimum atomic E-state index is 0.358. The molecule has 18 nitrogen and oxygen atoms in total. The molecule has 25 aromatic rings. The molecule has 0 N–H and O–H groups in total. The second-order valence-electron chi connectivity index (χ2n) is 36.2. The van der Waals surface area contributed by atoms with Crippen LogP contribution in [-0.2, 0) is 0 Å². The normalized spacial score (nSPS) is 11.2. The highest BCUT2D eigenvalue weighted by Crippen LogP contribution is 2.38. The van der Waals surface area contributed by atoms with E-state index in [9.17, 15) is 0 Å². The molecule has 0 unspecified atom stereocenters. The molecule has 18 heteroatoms. The topological polar surface area (TPSA) is 184 Å². The molecule has 7 aromatic heterocycles. The Bertz CT molecular complexity index is 7720. The molecule has 0 radical (unpaired) electrons. The molecular weight excluding hydrogens is 1840 g/mol. The van der Waals surface area contributed by atoms with E-state index in [4.69, 9.17) is 59.8 Å². The average molecular weight is 1930 g/mol. The second kappa shape index (κ2) is 40.9. The van der Waals surface area contributed by atoms with Gasteiger partial charge in [0.1, 0.15) is 0 Å². The first-order valence-corrected chi connectivity index (χ1v) is 49.7. The predicted octanol–water partition coefficient (Wildman–Crippen LogP) is 31.2. The number of aromatic nitrogens is 18. The lowest BCUT2D eigenvalue weighted by atomic mass is 10.1. The van der Waals surface area contributed by atoms with Crippen molar-refractivity contribution in [1.29, 1.82) is 0 Å². The van der Waals surface area contributed by atoms with Gasteiger partial charge in [0.15, 0.2) is 0 Å². The van der Waals surface area contributed by atoms with Crippen molar-refractivity contribution in [2.75, 3.05) is 0 Å². The van der Waals surface area contributed by atoms with Gasteiger partial charge in [0.05, 0.1) is 135 Å². The molecule has 7 heterocycles. The second-order valence-corrected chi connectivity index (χ2v) is 36.2. The summed E-state index contributed by atoms with van der Waals surface area (Å²) in [7, 11) is 0. The monoisotopic (exact) mass is 1930 g/mol. The number of fused-ring (bicyclic) bond motifs is 12. The minimum Gasteiger partial charge on any atom is -0.279 e. The zero-order valence-corrected chi connectivity index (χ0v) is 81.0. The van der Waals surface area contributed by atoms with E-state index in [1.807, 2.05) is 218 Å². The van der Waals surface area contributed by atoms with E-state index in [0.717, 1.165) is 66.8 Å². The molecule has 0 atom stereocenters. The van der Waals surface area contributed by atoms with Gasteiger partial charge in [-0.1, -0.05) is 400 Å². The maximum Gasteiger partial charge on any atom is 0.235 e. The minimum absolute atomic E-state index is 0.358.